The molecule has 29 heavy (non-hydrogen) atoms. The standard InChI is InChI=1S/C22H41N5O.HI/c1-3-23-22(24-12-7-14-26-13-6-8-18(2)16-26)25-20-11-15-27(17-20)21(28)19-9-4-5-10-19;/h18-20H,3-17H2,1-2H3,(H2,23,24,25);1H. The number of carbonyl (C=O) groups excluding carboxylic acids is 1. The summed E-state index contributed by atoms with van der Waals surface area (Å²) in [5.74, 6) is 2.43. The Labute approximate surface area is 194 Å². The zero-order valence-corrected chi connectivity index (χ0v) is 20.8. The number of nitrogens with zero attached hydrogens (tertiary/aromatic N) is 3. The molecule has 3 aliphatic rings. The number of aliphatic imine (C=N–C) groups is 1. The van der Waals surface area contributed by atoms with E-state index in [0.29, 0.717) is 11.9 Å². The summed E-state index contributed by atoms with van der Waals surface area (Å²) in [6.07, 6.45) is 9.48. The van der Waals surface area contributed by atoms with Gasteiger partial charge < -0.3 is 20.4 Å². The second kappa shape index (κ2) is 13.0. The zero-order chi connectivity index (χ0) is 19.8. The predicted octanol–water partition coefficient (Wildman–Crippen LogP) is 3.07. The SMILES string of the molecule is CCNC(=NCCCN1CCCC(C)C1)NC1CCN(C(=O)C2CCCC2)C1.I. The van der Waals surface area contributed by atoms with Crippen LogP contribution in [0.4, 0.5) is 0 Å². The van der Waals surface area contributed by atoms with Gasteiger partial charge in [-0.05, 0) is 64.5 Å². The molecule has 1 aliphatic carbocycles. The molecule has 0 aromatic rings. The molecule has 2 unspecified atom stereocenters. The van der Waals surface area contributed by atoms with Crippen LogP contribution < -0.4 is 10.6 Å². The summed E-state index contributed by atoms with van der Waals surface area (Å²) in [6, 6.07) is 0.325. The van der Waals surface area contributed by atoms with Crippen LogP contribution in [0.15, 0.2) is 4.99 Å². The van der Waals surface area contributed by atoms with E-state index in [1.165, 1.54) is 38.8 Å². The monoisotopic (exact) mass is 519 g/mol. The third-order valence-electron chi connectivity index (χ3n) is 6.53. The van der Waals surface area contributed by atoms with Crippen LogP contribution in [0, 0.1) is 11.8 Å². The summed E-state index contributed by atoms with van der Waals surface area (Å²) in [6.45, 7) is 11.6. The van der Waals surface area contributed by atoms with Gasteiger partial charge in [0.25, 0.3) is 0 Å². The maximum atomic E-state index is 12.6. The van der Waals surface area contributed by atoms with Gasteiger partial charge in [0, 0.05) is 44.7 Å². The van der Waals surface area contributed by atoms with Gasteiger partial charge in [0.1, 0.15) is 0 Å². The molecule has 1 saturated carbocycles. The highest BCUT2D eigenvalue weighted by Crippen LogP contribution is 2.27. The molecule has 0 aromatic carbocycles. The van der Waals surface area contributed by atoms with Crippen molar-refractivity contribution >= 4 is 35.8 Å². The summed E-state index contributed by atoms with van der Waals surface area (Å²) in [7, 11) is 0. The molecule has 2 atom stereocenters. The second-order valence-corrected chi connectivity index (χ2v) is 9.06. The fourth-order valence-corrected chi connectivity index (χ4v) is 5.00. The Morgan fingerprint density at radius 2 is 1.86 bits per heavy atom. The summed E-state index contributed by atoms with van der Waals surface area (Å²) in [4.78, 5) is 22.1. The normalized spacial score (nSPS) is 26.4. The van der Waals surface area contributed by atoms with Crippen molar-refractivity contribution in [1.29, 1.82) is 0 Å². The predicted molar refractivity (Wildman–Crippen MR) is 131 cm³/mol. The van der Waals surface area contributed by atoms with E-state index in [9.17, 15) is 4.79 Å². The molecule has 3 rings (SSSR count). The van der Waals surface area contributed by atoms with Gasteiger partial charge in [-0.2, -0.15) is 0 Å². The van der Waals surface area contributed by atoms with Gasteiger partial charge in [-0.15, -0.1) is 24.0 Å². The topological polar surface area (TPSA) is 60.0 Å². The number of amides is 1. The van der Waals surface area contributed by atoms with Gasteiger partial charge >= 0.3 is 0 Å². The Hall–Kier alpha value is -0.570. The van der Waals surface area contributed by atoms with Crippen LogP contribution >= 0.6 is 24.0 Å². The summed E-state index contributed by atoms with van der Waals surface area (Å²) in [5, 5.41) is 6.95. The van der Waals surface area contributed by atoms with Crippen LogP contribution in [0.1, 0.15) is 65.2 Å². The van der Waals surface area contributed by atoms with E-state index in [2.05, 4.69) is 34.3 Å². The Morgan fingerprint density at radius 3 is 2.59 bits per heavy atom. The van der Waals surface area contributed by atoms with Gasteiger partial charge in [0.05, 0.1) is 0 Å². The number of hydrogen-bond acceptors (Lipinski definition) is 3. The number of carbonyl (C=O) groups is 1. The van der Waals surface area contributed by atoms with Crippen molar-refractivity contribution in [2.45, 2.75) is 71.3 Å². The lowest BCUT2D eigenvalue weighted by Crippen LogP contribution is -2.45. The van der Waals surface area contributed by atoms with E-state index >= 15 is 0 Å². The minimum atomic E-state index is 0. The van der Waals surface area contributed by atoms with Crippen LogP contribution in [0.25, 0.3) is 0 Å². The number of piperidine rings is 1. The number of hydrogen-bond donors (Lipinski definition) is 2. The van der Waals surface area contributed by atoms with Crippen molar-refractivity contribution in [1.82, 2.24) is 20.4 Å². The van der Waals surface area contributed by atoms with Crippen LogP contribution in [0.3, 0.4) is 0 Å². The van der Waals surface area contributed by atoms with Crippen molar-refractivity contribution in [3.8, 4) is 0 Å². The summed E-state index contributed by atoms with van der Waals surface area (Å²) < 4.78 is 0. The number of rotatable bonds is 7. The Morgan fingerprint density at radius 1 is 1.07 bits per heavy atom. The van der Waals surface area contributed by atoms with Gasteiger partial charge in [-0.3, -0.25) is 9.79 Å². The van der Waals surface area contributed by atoms with Crippen LogP contribution in [-0.2, 0) is 4.79 Å². The molecule has 0 radical (unpaired) electrons. The largest absolute Gasteiger partial charge is 0.357 e. The first-order valence-corrected chi connectivity index (χ1v) is 11.7. The van der Waals surface area contributed by atoms with E-state index < -0.39 is 0 Å². The smallest absolute Gasteiger partial charge is 0.225 e. The van der Waals surface area contributed by atoms with Crippen LogP contribution in [-0.4, -0.2) is 73.5 Å². The Kier molecular flexibility index (Phi) is 11.0. The van der Waals surface area contributed by atoms with Gasteiger partial charge in [0.15, 0.2) is 5.96 Å². The molecule has 168 valence electrons. The third-order valence-corrected chi connectivity index (χ3v) is 6.53. The average molecular weight is 520 g/mol. The van der Waals surface area contributed by atoms with Crippen molar-refractivity contribution in [3.05, 3.63) is 0 Å². The average Bonchev–Trinajstić information content (AvgIpc) is 3.37. The van der Waals surface area contributed by atoms with Crippen molar-refractivity contribution in [2.75, 3.05) is 45.8 Å². The van der Waals surface area contributed by atoms with E-state index in [-0.39, 0.29) is 29.9 Å². The summed E-state index contributed by atoms with van der Waals surface area (Å²) >= 11 is 0. The number of halogens is 1. The molecule has 6 nitrogen and oxygen atoms in total. The molecule has 2 saturated heterocycles. The van der Waals surface area contributed by atoms with Gasteiger partial charge in [-0.25, -0.2) is 0 Å². The lowest BCUT2D eigenvalue weighted by molar-refractivity contribution is -0.134. The Balaban J connectivity index is 0.00000300. The van der Waals surface area contributed by atoms with E-state index in [4.69, 9.17) is 4.99 Å². The van der Waals surface area contributed by atoms with E-state index in [0.717, 1.165) is 70.3 Å². The molecule has 0 aromatic heterocycles. The molecular weight excluding hydrogens is 477 g/mol. The van der Waals surface area contributed by atoms with Crippen molar-refractivity contribution in [3.63, 3.8) is 0 Å². The zero-order valence-electron chi connectivity index (χ0n) is 18.5. The fourth-order valence-electron chi connectivity index (χ4n) is 5.00. The third kappa shape index (κ3) is 7.89. The molecule has 7 heteroatoms. The first kappa shape index (κ1) is 24.7. The molecule has 2 heterocycles. The lowest BCUT2D eigenvalue weighted by Gasteiger charge is -2.30. The first-order chi connectivity index (χ1) is 13.7. The van der Waals surface area contributed by atoms with Crippen LogP contribution in [0.2, 0.25) is 0 Å². The molecule has 1 amide bonds. The van der Waals surface area contributed by atoms with E-state index in [1.807, 2.05) is 0 Å². The lowest BCUT2D eigenvalue weighted by atomic mass is 10.0. The molecule has 2 aliphatic heterocycles. The minimum Gasteiger partial charge on any atom is -0.357 e. The molecule has 3 fully saturated rings. The number of guanidine groups is 1. The van der Waals surface area contributed by atoms with Gasteiger partial charge in [0.2, 0.25) is 5.91 Å². The molecular formula is C22H42IN5O. The fraction of sp³-hybridized carbons (Fsp3) is 0.909. The number of nitrogens with one attached hydrogen (secondary N) is 2. The van der Waals surface area contributed by atoms with Crippen molar-refractivity contribution in [2.24, 2.45) is 16.8 Å². The minimum absolute atomic E-state index is 0. The van der Waals surface area contributed by atoms with E-state index in [1.54, 1.807) is 0 Å². The molecule has 0 bridgehead atoms. The molecule has 2 N–H and O–H groups in total. The van der Waals surface area contributed by atoms with Crippen molar-refractivity contribution < 1.29 is 4.79 Å². The van der Waals surface area contributed by atoms with Crippen LogP contribution in [0.5, 0.6) is 0 Å². The quantitative estimate of drug-likeness (QED) is 0.235. The highest BCUT2D eigenvalue weighted by molar-refractivity contribution is 14.0. The maximum absolute atomic E-state index is 12.6. The number of likely N-dealkylation sites (tertiary alicyclic amines) is 2. The first-order valence-electron chi connectivity index (χ1n) is 11.7. The molecule has 0 spiro atoms. The highest BCUT2D eigenvalue weighted by atomic mass is 127. The summed E-state index contributed by atoms with van der Waals surface area (Å²) in [5.41, 5.74) is 0. The second-order valence-electron chi connectivity index (χ2n) is 9.06. The highest BCUT2D eigenvalue weighted by Gasteiger charge is 2.32. The Bertz CT molecular complexity index is 523. The maximum Gasteiger partial charge on any atom is 0.225 e. The van der Waals surface area contributed by atoms with Gasteiger partial charge in [-0.1, -0.05) is 19.8 Å².